The molecule has 28 heavy (non-hydrogen) atoms. The SMILES string of the molecule is O=C([C@@H](Cl)c1ccccc1)N1CCCC[C@@H]1c1nc(-c2cccc(Cl)c2)no1. The van der Waals surface area contributed by atoms with Crippen LogP contribution in [0.1, 0.15) is 42.1 Å². The third kappa shape index (κ3) is 3.91. The molecule has 1 saturated heterocycles. The van der Waals surface area contributed by atoms with Crippen molar-refractivity contribution in [1.82, 2.24) is 15.0 Å². The maximum atomic E-state index is 13.1. The fourth-order valence-corrected chi connectivity index (χ4v) is 3.94. The minimum atomic E-state index is -0.739. The monoisotopic (exact) mass is 415 g/mol. The van der Waals surface area contributed by atoms with Crippen molar-refractivity contribution in [2.45, 2.75) is 30.7 Å². The van der Waals surface area contributed by atoms with Gasteiger partial charge >= 0.3 is 0 Å². The Kier molecular flexibility index (Phi) is 5.64. The van der Waals surface area contributed by atoms with E-state index in [9.17, 15) is 4.79 Å². The number of amides is 1. The molecule has 5 nitrogen and oxygen atoms in total. The number of nitrogens with zero attached hydrogens (tertiary/aromatic N) is 3. The van der Waals surface area contributed by atoms with Crippen LogP contribution in [0.5, 0.6) is 0 Å². The number of carbonyl (C=O) groups is 1. The van der Waals surface area contributed by atoms with E-state index in [4.69, 9.17) is 27.7 Å². The summed E-state index contributed by atoms with van der Waals surface area (Å²) in [5.74, 6) is 0.751. The van der Waals surface area contributed by atoms with Gasteiger partial charge in [-0.3, -0.25) is 4.79 Å². The lowest BCUT2D eigenvalue weighted by atomic mass is 10.0. The molecule has 1 amide bonds. The highest BCUT2D eigenvalue weighted by atomic mass is 35.5. The van der Waals surface area contributed by atoms with Crippen LogP contribution in [0, 0.1) is 0 Å². The number of piperidine rings is 1. The summed E-state index contributed by atoms with van der Waals surface area (Å²) in [6, 6.07) is 16.4. The van der Waals surface area contributed by atoms with Crippen molar-refractivity contribution in [2.24, 2.45) is 0 Å². The summed E-state index contributed by atoms with van der Waals surface area (Å²) in [5.41, 5.74) is 1.55. The molecule has 3 aromatic rings. The fourth-order valence-electron chi connectivity index (χ4n) is 3.48. The second-order valence-corrected chi connectivity index (χ2v) is 7.66. The van der Waals surface area contributed by atoms with Crippen molar-refractivity contribution >= 4 is 29.1 Å². The van der Waals surface area contributed by atoms with Crippen molar-refractivity contribution in [3.63, 3.8) is 0 Å². The van der Waals surface area contributed by atoms with Crippen LogP contribution in [0.15, 0.2) is 59.1 Å². The lowest BCUT2D eigenvalue weighted by Gasteiger charge is -2.34. The first-order chi connectivity index (χ1) is 13.6. The molecule has 1 fully saturated rings. The Labute approximate surface area is 173 Å². The molecule has 2 heterocycles. The van der Waals surface area contributed by atoms with E-state index >= 15 is 0 Å². The van der Waals surface area contributed by atoms with Gasteiger partial charge in [0.15, 0.2) is 0 Å². The second-order valence-electron chi connectivity index (χ2n) is 6.78. The zero-order valence-corrected chi connectivity index (χ0v) is 16.6. The molecule has 1 aliphatic heterocycles. The smallest absolute Gasteiger partial charge is 0.249 e. The van der Waals surface area contributed by atoms with Crippen LogP contribution in [0.25, 0.3) is 11.4 Å². The van der Waals surface area contributed by atoms with Crippen LogP contribution in [-0.2, 0) is 4.79 Å². The van der Waals surface area contributed by atoms with Gasteiger partial charge in [0.2, 0.25) is 17.6 Å². The predicted octanol–water partition coefficient (Wildman–Crippen LogP) is 5.42. The van der Waals surface area contributed by atoms with Gasteiger partial charge in [-0.2, -0.15) is 4.98 Å². The van der Waals surface area contributed by atoms with Gasteiger partial charge in [-0.15, -0.1) is 11.6 Å². The molecule has 7 heteroatoms. The predicted molar refractivity (Wildman–Crippen MR) is 108 cm³/mol. The minimum Gasteiger partial charge on any atom is -0.337 e. The molecule has 0 radical (unpaired) electrons. The molecule has 0 N–H and O–H groups in total. The third-order valence-corrected chi connectivity index (χ3v) is 5.58. The molecular weight excluding hydrogens is 397 g/mol. The number of likely N-dealkylation sites (tertiary alicyclic amines) is 1. The molecule has 2 atom stereocenters. The lowest BCUT2D eigenvalue weighted by Crippen LogP contribution is -2.40. The number of carbonyl (C=O) groups excluding carboxylic acids is 1. The van der Waals surface area contributed by atoms with Crippen LogP contribution in [0.4, 0.5) is 0 Å². The lowest BCUT2D eigenvalue weighted by molar-refractivity contribution is -0.135. The van der Waals surface area contributed by atoms with Crippen molar-refractivity contribution in [1.29, 1.82) is 0 Å². The number of aromatic nitrogens is 2. The molecule has 4 rings (SSSR count). The van der Waals surface area contributed by atoms with E-state index in [2.05, 4.69) is 10.1 Å². The molecule has 144 valence electrons. The van der Waals surface area contributed by atoms with Crippen molar-refractivity contribution in [2.75, 3.05) is 6.54 Å². The topological polar surface area (TPSA) is 59.2 Å². The van der Waals surface area contributed by atoms with Gasteiger partial charge < -0.3 is 9.42 Å². The molecule has 0 bridgehead atoms. The Bertz CT molecular complexity index is 961. The number of benzene rings is 2. The highest BCUT2D eigenvalue weighted by Gasteiger charge is 2.35. The summed E-state index contributed by atoms with van der Waals surface area (Å²) in [6.07, 6.45) is 2.68. The third-order valence-electron chi connectivity index (χ3n) is 4.90. The number of hydrogen-bond donors (Lipinski definition) is 0. The molecular formula is C21H19Cl2N3O2. The normalized spacial score (nSPS) is 18.1. The number of hydrogen-bond acceptors (Lipinski definition) is 4. The number of rotatable bonds is 4. The summed E-state index contributed by atoms with van der Waals surface area (Å²) < 4.78 is 5.52. The van der Waals surface area contributed by atoms with Gasteiger partial charge in [0.25, 0.3) is 0 Å². The van der Waals surface area contributed by atoms with E-state index < -0.39 is 5.38 Å². The molecule has 2 aromatic carbocycles. The summed E-state index contributed by atoms with van der Waals surface area (Å²) >= 11 is 12.5. The average Bonchev–Trinajstić information content (AvgIpc) is 3.23. The van der Waals surface area contributed by atoms with Crippen molar-refractivity contribution < 1.29 is 9.32 Å². The van der Waals surface area contributed by atoms with Crippen LogP contribution < -0.4 is 0 Å². The first kappa shape index (κ1) is 19.0. The zero-order chi connectivity index (χ0) is 19.5. The van der Waals surface area contributed by atoms with E-state index in [0.717, 1.165) is 30.4 Å². The molecule has 0 saturated carbocycles. The Hall–Kier alpha value is -2.37. The summed E-state index contributed by atoms with van der Waals surface area (Å²) in [5, 5.41) is 3.95. The van der Waals surface area contributed by atoms with E-state index in [1.807, 2.05) is 42.5 Å². The van der Waals surface area contributed by atoms with E-state index in [1.165, 1.54) is 0 Å². The number of halogens is 2. The van der Waals surface area contributed by atoms with Crippen molar-refractivity contribution in [3.8, 4) is 11.4 Å². The van der Waals surface area contributed by atoms with Gasteiger partial charge in [-0.25, -0.2) is 0 Å². The van der Waals surface area contributed by atoms with Crippen LogP contribution >= 0.6 is 23.2 Å². The Morgan fingerprint density at radius 3 is 2.75 bits per heavy atom. The van der Waals surface area contributed by atoms with Crippen LogP contribution in [-0.4, -0.2) is 27.5 Å². The van der Waals surface area contributed by atoms with E-state index in [0.29, 0.717) is 23.3 Å². The maximum Gasteiger partial charge on any atom is 0.249 e. The molecule has 0 spiro atoms. The Morgan fingerprint density at radius 2 is 1.96 bits per heavy atom. The number of alkyl halides is 1. The van der Waals surface area contributed by atoms with Crippen LogP contribution in [0.2, 0.25) is 5.02 Å². The zero-order valence-electron chi connectivity index (χ0n) is 15.1. The highest BCUT2D eigenvalue weighted by molar-refractivity contribution is 6.31. The standard InChI is InChI=1S/C21H19Cl2N3O2/c22-16-10-6-9-15(13-16)19-24-20(28-25-19)17-11-4-5-12-26(17)21(27)18(23)14-7-2-1-3-8-14/h1-3,6-10,13,17-18H,4-5,11-12H2/t17-,18+/m1/s1. The first-order valence-corrected chi connectivity index (χ1v) is 10.0. The molecule has 0 unspecified atom stereocenters. The second kappa shape index (κ2) is 8.33. The molecule has 0 aliphatic carbocycles. The molecule has 1 aromatic heterocycles. The minimum absolute atomic E-state index is 0.139. The van der Waals surface area contributed by atoms with Gasteiger partial charge in [-0.05, 0) is 37.0 Å². The summed E-state index contributed by atoms with van der Waals surface area (Å²) in [7, 11) is 0. The quantitative estimate of drug-likeness (QED) is 0.533. The first-order valence-electron chi connectivity index (χ1n) is 9.22. The van der Waals surface area contributed by atoms with Gasteiger partial charge in [0, 0.05) is 17.1 Å². The summed E-state index contributed by atoms with van der Waals surface area (Å²) in [6.45, 7) is 0.619. The van der Waals surface area contributed by atoms with E-state index in [1.54, 1.807) is 17.0 Å². The Morgan fingerprint density at radius 1 is 1.14 bits per heavy atom. The van der Waals surface area contributed by atoms with E-state index in [-0.39, 0.29) is 11.9 Å². The largest absolute Gasteiger partial charge is 0.337 e. The highest BCUT2D eigenvalue weighted by Crippen LogP contribution is 2.35. The van der Waals surface area contributed by atoms with Crippen LogP contribution in [0.3, 0.4) is 0 Å². The Balaban J connectivity index is 1.58. The van der Waals surface area contributed by atoms with Crippen molar-refractivity contribution in [3.05, 3.63) is 71.1 Å². The summed E-state index contributed by atoms with van der Waals surface area (Å²) in [4.78, 5) is 19.4. The van der Waals surface area contributed by atoms with Gasteiger partial charge in [0.1, 0.15) is 11.4 Å². The van der Waals surface area contributed by atoms with Gasteiger partial charge in [-0.1, -0.05) is 59.2 Å². The fraction of sp³-hybridized carbons (Fsp3) is 0.286. The maximum absolute atomic E-state index is 13.1. The van der Waals surface area contributed by atoms with Gasteiger partial charge in [0.05, 0.1) is 0 Å². The average molecular weight is 416 g/mol. The molecule has 1 aliphatic rings.